The van der Waals surface area contributed by atoms with Gasteiger partial charge in [-0.15, -0.1) is 5.11 Å². The van der Waals surface area contributed by atoms with Gasteiger partial charge in [-0.05, 0) is 47.5 Å². The van der Waals surface area contributed by atoms with Gasteiger partial charge in [0.05, 0.1) is 11.2 Å². The first-order valence-electron chi connectivity index (χ1n) is 7.53. The predicted octanol–water partition coefficient (Wildman–Crippen LogP) is 5.35. The highest BCUT2D eigenvalue weighted by Crippen LogP contribution is 2.38. The van der Waals surface area contributed by atoms with Gasteiger partial charge in [-0.2, -0.15) is 5.11 Å². The van der Waals surface area contributed by atoms with Crippen LogP contribution in [0.5, 0.6) is 5.88 Å². The second kappa shape index (κ2) is 5.96. The molecule has 0 saturated carbocycles. The first-order chi connectivity index (χ1) is 11.8. The average Bonchev–Trinajstić information content (AvgIpc) is 2.96. The number of aromatic nitrogens is 2. The van der Waals surface area contributed by atoms with Gasteiger partial charge < -0.3 is 10.1 Å². The van der Waals surface area contributed by atoms with Crippen molar-refractivity contribution in [2.45, 2.75) is 0 Å². The molecule has 0 radical (unpaired) electrons. The minimum atomic E-state index is 0.0107. The molecule has 0 fully saturated rings. The number of fused-ring (bicyclic) bond motifs is 1. The topological polar surface area (TPSA) is 73.6 Å². The molecule has 0 aliphatic carbocycles. The Bertz CT molecular complexity index is 1010. The zero-order valence-electron chi connectivity index (χ0n) is 12.7. The monoisotopic (exact) mass is 314 g/mol. The quantitative estimate of drug-likeness (QED) is 0.500. The molecule has 2 aromatic carbocycles. The van der Waals surface area contributed by atoms with Crippen LogP contribution in [0, 0.1) is 0 Å². The van der Waals surface area contributed by atoms with Gasteiger partial charge in [0.25, 0.3) is 0 Å². The van der Waals surface area contributed by atoms with Crippen molar-refractivity contribution in [1.29, 1.82) is 0 Å². The van der Waals surface area contributed by atoms with E-state index in [1.165, 1.54) is 0 Å². The number of nitrogens with one attached hydrogen (secondary N) is 1. The summed E-state index contributed by atoms with van der Waals surface area (Å²) in [5.74, 6) is 0.0107. The van der Waals surface area contributed by atoms with Gasteiger partial charge in [-0.3, -0.25) is 4.98 Å². The van der Waals surface area contributed by atoms with Crippen molar-refractivity contribution in [2.24, 2.45) is 10.2 Å². The Balaban J connectivity index is 1.80. The third kappa shape index (κ3) is 2.63. The lowest BCUT2D eigenvalue weighted by Gasteiger charge is -2.01. The second-order valence-electron chi connectivity index (χ2n) is 5.35. The van der Waals surface area contributed by atoms with E-state index < -0.39 is 0 Å². The van der Waals surface area contributed by atoms with E-state index in [0.29, 0.717) is 5.69 Å². The Labute approximate surface area is 138 Å². The largest absolute Gasteiger partial charge is 0.493 e. The van der Waals surface area contributed by atoms with Crippen molar-refractivity contribution < 1.29 is 5.11 Å². The third-order valence-electron chi connectivity index (χ3n) is 3.79. The van der Waals surface area contributed by atoms with E-state index >= 15 is 0 Å². The molecule has 0 atom stereocenters. The van der Waals surface area contributed by atoms with E-state index in [-0.39, 0.29) is 5.88 Å². The number of azo groups is 1. The Morgan fingerprint density at radius 2 is 1.62 bits per heavy atom. The third-order valence-corrected chi connectivity index (χ3v) is 3.79. The predicted molar refractivity (Wildman–Crippen MR) is 93.8 cm³/mol. The van der Waals surface area contributed by atoms with Crippen LogP contribution in [0.25, 0.3) is 22.0 Å². The van der Waals surface area contributed by atoms with Crippen LogP contribution in [0.1, 0.15) is 0 Å². The Hall–Kier alpha value is -3.47. The van der Waals surface area contributed by atoms with Crippen molar-refractivity contribution in [3.63, 3.8) is 0 Å². The molecule has 5 nitrogen and oxygen atoms in total. The molecular weight excluding hydrogens is 300 g/mol. The van der Waals surface area contributed by atoms with E-state index in [9.17, 15) is 5.11 Å². The summed E-state index contributed by atoms with van der Waals surface area (Å²) in [6.07, 6.45) is 3.51. The van der Waals surface area contributed by atoms with Gasteiger partial charge in [-0.1, -0.05) is 24.3 Å². The minimum absolute atomic E-state index is 0.0107. The minimum Gasteiger partial charge on any atom is -0.493 e. The van der Waals surface area contributed by atoms with Crippen molar-refractivity contribution in [3.8, 4) is 17.0 Å². The summed E-state index contributed by atoms with van der Waals surface area (Å²) in [6.45, 7) is 0. The standard InChI is InChI=1S/C19H14N4O/c24-19-18(23-22-15-4-2-1-3-5-15)16-12-14(6-7-17(16)21-19)13-8-10-20-11-9-13/h1-12,21,24H. The van der Waals surface area contributed by atoms with Gasteiger partial charge in [0.1, 0.15) is 0 Å². The average molecular weight is 314 g/mol. The molecule has 2 N–H and O–H groups in total. The molecule has 4 rings (SSSR count). The van der Waals surface area contributed by atoms with E-state index in [4.69, 9.17) is 0 Å². The molecule has 0 bridgehead atoms. The van der Waals surface area contributed by atoms with E-state index in [2.05, 4.69) is 20.2 Å². The maximum absolute atomic E-state index is 10.2. The van der Waals surface area contributed by atoms with Crippen LogP contribution in [-0.4, -0.2) is 15.1 Å². The normalized spacial score (nSPS) is 11.3. The molecule has 0 aliphatic rings. The van der Waals surface area contributed by atoms with Gasteiger partial charge in [-0.25, -0.2) is 0 Å². The summed E-state index contributed by atoms with van der Waals surface area (Å²) < 4.78 is 0. The summed E-state index contributed by atoms with van der Waals surface area (Å²) in [7, 11) is 0. The van der Waals surface area contributed by atoms with Crippen molar-refractivity contribution >= 4 is 22.3 Å². The number of pyridine rings is 1. The maximum atomic E-state index is 10.2. The summed E-state index contributed by atoms with van der Waals surface area (Å²) in [6, 6.07) is 19.2. The van der Waals surface area contributed by atoms with Crippen LogP contribution < -0.4 is 0 Å². The van der Waals surface area contributed by atoms with E-state index in [0.717, 1.165) is 27.7 Å². The molecule has 0 unspecified atom stereocenters. The van der Waals surface area contributed by atoms with E-state index in [1.54, 1.807) is 12.4 Å². The summed E-state index contributed by atoms with van der Waals surface area (Å²) in [5.41, 5.74) is 4.06. The number of H-pyrrole nitrogens is 1. The highest BCUT2D eigenvalue weighted by molar-refractivity contribution is 5.96. The van der Waals surface area contributed by atoms with Crippen molar-refractivity contribution in [1.82, 2.24) is 9.97 Å². The number of benzene rings is 2. The molecule has 116 valence electrons. The van der Waals surface area contributed by atoms with Crippen molar-refractivity contribution in [2.75, 3.05) is 0 Å². The number of nitrogens with zero attached hydrogens (tertiary/aromatic N) is 3. The van der Waals surface area contributed by atoms with Gasteiger partial charge in [0, 0.05) is 17.8 Å². The Morgan fingerprint density at radius 1 is 0.833 bits per heavy atom. The molecule has 5 heteroatoms. The highest BCUT2D eigenvalue weighted by atomic mass is 16.3. The maximum Gasteiger partial charge on any atom is 0.218 e. The first-order valence-corrected chi connectivity index (χ1v) is 7.53. The highest BCUT2D eigenvalue weighted by Gasteiger charge is 2.11. The van der Waals surface area contributed by atoms with Crippen molar-refractivity contribution in [3.05, 3.63) is 73.1 Å². The zero-order chi connectivity index (χ0) is 16.4. The molecule has 2 aromatic heterocycles. The molecule has 4 aromatic rings. The van der Waals surface area contributed by atoms with Gasteiger partial charge in [0.15, 0.2) is 5.69 Å². The number of aromatic hydroxyl groups is 1. The van der Waals surface area contributed by atoms with Crippen LogP contribution in [-0.2, 0) is 0 Å². The summed E-state index contributed by atoms with van der Waals surface area (Å²) in [5, 5.41) is 19.4. The fourth-order valence-corrected chi connectivity index (χ4v) is 2.59. The molecule has 0 saturated heterocycles. The number of aromatic amines is 1. The second-order valence-corrected chi connectivity index (χ2v) is 5.35. The molecular formula is C19H14N4O. The molecule has 24 heavy (non-hydrogen) atoms. The number of hydrogen-bond acceptors (Lipinski definition) is 4. The number of hydrogen-bond donors (Lipinski definition) is 2. The summed E-state index contributed by atoms with van der Waals surface area (Å²) >= 11 is 0. The van der Waals surface area contributed by atoms with Gasteiger partial charge in [0.2, 0.25) is 5.88 Å². The molecule has 0 amide bonds. The number of rotatable bonds is 3. The first kappa shape index (κ1) is 14.1. The molecule has 0 spiro atoms. The van der Waals surface area contributed by atoms with E-state index in [1.807, 2.05) is 60.7 Å². The lowest BCUT2D eigenvalue weighted by atomic mass is 10.1. The fourth-order valence-electron chi connectivity index (χ4n) is 2.59. The van der Waals surface area contributed by atoms with Gasteiger partial charge >= 0.3 is 0 Å². The summed E-state index contributed by atoms with van der Waals surface area (Å²) in [4.78, 5) is 6.97. The smallest absolute Gasteiger partial charge is 0.218 e. The van der Waals surface area contributed by atoms with Crippen LogP contribution >= 0.6 is 0 Å². The van der Waals surface area contributed by atoms with Crippen LogP contribution in [0.2, 0.25) is 0 Å². The Morgan fingerprint density at radius 3 is 2.42 bits per heavy atom. The van der Waals surface area contributed by atoms with Crippen LogP contribution in [0.3, 0.4) is 0 Å². The molecule has 0 aliphatic heterocycles. The lowest BCUT2D eigenvalue weighted by molar-refractivity contribution is 0.459. The molecule has 2 heterocycles. The fraction of sp³-hybridized carbons (Fsp3) is 0. The van der Waals surface area contributed by atoms with Crippen LogP contribution in [0.15, 0.2) is 83.3 Å². The zero-order valence-corrected chi connectivity index (χ0v) is 12.7. The van der Waals surface area contributed by atoms with Crippen LogP contribution in [0.4, 0.5) is 11.4 Å². The lowest BCUT2D eigenvalue weighted by Crippen LogP contribution is -1.78. The SMILES string of the molecule is Oc1[nH]c2ccc(-c3ccncc3)cc2c1N=Nc1ccccc1. The Kier molecular flexibility index (Phi) is 3.51.